The molecule has 1 aromatic rings. The molecular weight excluding hydrogens is 250 g/mol. The molecule has 6 nitrogen and oxygen atoms in total. The van der Waals surface area contributed by atoms with E-state index in [1.807, 2.05) is 0 Å². The van der Waals surface area contributed by atoms with E-state index in [-0.39, 0.29) is 31.0 Å². The number of carboxylic acids is 2. The summed E-state index contributed by atoms with van der Waals surface area (Å²) in [7, 11) is 0. The molecule has 0 heterocycles. The number of benzene rings is 1. The van der Waals surface area contributed by atoms with Crippen LogP contribution >= 0.6 is 0 Å². The minimum absolute atomic E-state index is 0.118. The molecule has 6 heteroatoms. The van der Waals surface area contributed by atoms with Gasteiger partial charge >= 0.3 is 11.9 Å². The Balaban J connectivity index is 2.70. The Hall–Kier alpha value is -2.37. The van der Waals surface area contributed by atoms with Crippen LogP contribution in [0.4, 0.5) is 0 Å². The Labute approximate surface area is 110 Å². The van der Waals surface area contributed by atoms with Crippen molar-refractivity contribution in [2.24, 2.45) is 0 Å². The summed E-state index contributed by atoms with van der Waals surface area (Å²) in [5.41, 5.74) is 0.925. The largest absolute Gasteiger partial charge is 0.481 e. The molecule has 0 aliphatic carbocycles. The molecule has 0 aliphatic heterocycles. The van der Waals surface area contributed by atoms with Gasteiger partial charge in [0.05, 0.1) is 12.0 Å². The Kier molecular flexibility index (Phi) is 5.05. The van der Waals surface area contributed by atoms with Crippen LogP contribution < -0.4 is 0 Å². The van der Waals surface area contributed by atoms with Gasteiger partial charge in [0.15, 0.2) is 0 Å². The lowest BCUT2D eigenvalue weighted by molar-refractivity contribution is -0.138. The number of nitrogens with zero attached hydrogens (tertiary/aromatic N) is 1. The van der Waals surface area contributed by atoms with E-state index in [1.54, 1.807) is 12.1 Å². The first kappa shape index (κ1) is 14.7. The second kappa shape index (κ2) is 6.53. The summed E-state index contributed by atoms with van der Waals surface area (Å²) in [5.74, 6) is -2.20. The first-order chi connectivity index (χ1) is 8.90. The summed E-state index contributed by atoms with van der Waals surface area (Å²) in [5, 5.41) is 17.4. The van der Waals surface area contributed by atoms with Crippen molar-refractivity contribution in [3.8, 4) is 0 Å². The maximum atomic E-state index is 11.4. The molecule has 0 aliphatic rings. The second-order valence-electron chi connectivity index (χ2n) is 4.09. The number of carbonyl (C=O) groups is 3. The Morgan fingerprint density at radius 2 is 1.68 bits per heavy atom. The zero-order valence-electron chi connectivity index (χ0n) is 10.5. The molecule has 0 unspecified atom stereocenters. The van der Waals surface area contributed by atoms with E-state index >= 15 is 0 Å². The smallest absolute Gasteiger partial charge is 0.335 e. The molecule has 102 valence electrons. The summed E-state index contributed by atoms with van der Waals surface area (Å²) in [6.45, 7) is 1.77. The molecule has 19 heavy (non-hydrogen) atoms. The van der Waals surface area contributed by atoms with Gasteiger partial charge in [-0.25, -0.2) is 4.79 Å². The molecule has 0 saturated carbocycles. The fraction of sp³-hybridized carbons (Fsp3) is 0.308. The van der Waals surface area contributed by atoms with Crippen LogP contribution in [0, 0.1) is 0 Å². The standard InChI is InChI=1S/C13H15NO5/c1-9(15)14(7-6-12(16)17)8-10-2-4-11(5-3-10)13(18)19/h2-5H,6-8H2,1H3,(H,16,17)(H,18,19). The van der Waals surface area contributed by atoms with Crippen molar-refractivity contribution in [2.75, 3.05) is 6.54 Å². The van der Waals surface area contributed by atoms with E-state index in [0.29, 0.717) is 0 Å². The minimum atomic E-state index is -1.01. The Morgan fingerprint density at radius 3 is 2.11 bits per heavy atom. The van der Waals surface area contributed by atoms with Crippen molar-refractivity contribution in [3.05, 3.63) is 35.4 Å². The van der Waals surface area contributed by atoms with Crippen LogP contribution in [0.3, 0.4) is 0 Å². The molecule has 1 amide bonds. The normalized spacial score (nSPS) is 9.95. The highest BCUT2D eigenvalue weighted by Crippen LogP contribution is 2.08. The Bertz CT molecular complexity index is 480. The van der Waals surface area contributed by atoms with Crippen molar-refractivity contribution in [1.29, 1.82) is 0 Å². The average molecular weight is 265 g/mol. The molecular formula is C13H15NO5. The molecule has 0 spiro atoms. The molecule has 1 rings (SSSR count). The number of rotatable bonds is 6. The van der Waals surface area contributed by atoms with E-state index < -0.39 is 11.9 Å². The third-order valence-electron chi connectivity index (χ3n) is 2.62. The van der Waals surface area contributed by atoms with Crippen molar-refractivity contribution in [2.45, 2.75) is 19.9 Å². The fourth-order valence-electron chi connectivity index (χ4n) is 1.55. The lowest BCUT2D eigenvalue weighted by Crippen LogP contribution is -2.30. The maximum Gasteiger partial charge on any atom is 0.335 e. The SMILES string of the molecule is CC(=O)N(CCC(=O)O)Cc1ccc(C(=O)O)cc1. The topological polar surface area (TPSA) is 94.9 Å². The van der Waals surface area contributed by atoms with E-state index in [0.717, 1.165) is 5.56 Å². The van der Waals surface area contributed by atoms with Crippen LogP contribution in [0.15, 0.2) is 24.3 Å². The molecule has 0 fully saturated rings. The highest BCUT2D eigenvalue weighted by Gasteiger charge is 2.11. The van der Waals surface area contributed by atoms with Crippen LogP contribution in [-0.4, -0.2) is 39.5 Å². The molecule has 0 saturated heterocycles. The molecule has 2 N–H and O–H groups in total. The van der Waals surface area contributed by atoms with E-state index in [2.05, 4.69) is 0 Å². The van der Waals surface area contributed by atoms with Gasteiger partial charge in [-0.15, -0.1) is 0 Å². The molecule has 0 atom stereocenters. The Morgan fingerprint density at radius 1 is 1.11 bits per heavy atom. The number of aromatic carboxylic acids is 1. The third-order valence-corrected chi connectivity index (χ3v) is 2.62. The quantitative estimate of drug-likeness (QED) is 0.806. The number of carbonyl (C=O) groups excluding carboxylic acids is 1. The summed E-state index contributed by atoms with van der Waals surface area (Å²) in [4.78, 5) is 34.0. The molecule has 0 aromatic heterocycles. The van der Waals surface area contributed by atoms with Gasteiger partial charge in [-0.1, -0.05) is 12.1 Å². The first-order valence-electron chi connectivity index (χ1n) is 5.69. The number of carboxylic acid groups (broad SMARTS) is 2. The summed E-state index contributed by atoms with van der Waals surface area (Å²) in [6, 6.07) is 6.13. The summed E-state index contributed by atoms with van der Waals surface area (Å²) >= 11 is 0. The number of amides is 1. The van der Waals surface area contributed by atoms with Gasteiger partial charge in [0, 0.05) is 20.0 Å². The van der Waals surface area contributed by atoms with Gasteiger partial charge in [0.2, 0.25) is 5.91 Å². The van der Waals surface area contributed by atoms with Crippen molar-refractivity contribution < 1.29 is 24.6 Å². The van der Waals surface area contributed by atoms with E-state index in [4.69, 9.17) is 10.2 Å². The van der Waals surface area contributed by atoms with Crippen molar-refractivity contribution in [3.63, 3.8) is 0 Å². The molecule has 0 radical (unpaired) electrons. The van der Waals surface area contributed by atoms with Crippen LogP contribution in [0.25, 0.3) is 0 Å². The van der Waals surface area contributed by atoms with Crippen LogP contribution in [0.2, 0.25) is 0 Å². The number of aliphatic carboxylic acids is 1. The minimum Gasteiger partial charge on any atom is -0.481 e. The van der Waals surface area contributed by atoms with Crippen molar-refractivity contribution in [1.82, 2.24) is 4.90 Å². The maximum absolute atomic E-state index is 11.4. The zero-order valence-corrected chi connectivity index (χ0v) is 10.5. The van der Waals surface area contributed by atoms with Crippen molar-refractivity contribution >= 4 is 17.8 Å². The zero-order chi connectivity index (χ0) is 14.4. The lowest BCUT2D eigenvalue weighted by Gasteiger charge is -2.20. The average Bonchev–Trinajstić information content (AvgIpc) is 2.34. The van der Waals surface area contributed by atoms with Crippen LogP contribution in [0.5, 0.6) is 0 Å². The van der Waals surface area contributed by atoms with E-state index in [1.165, 1.54) is 24.0 Å². The van der Waals surface area contributed by atoms with Gasteiger partial charge in [-0.05, 0) is 17.7 Å². The third kappa shape index (κ3) is 4.79. The highest BCUT2D eigenvalue weighted by atomic mass is 16.4. The summed E-state index contributed by atoms with van der Waals surface area (Å²) < 4.78 is 0. The van der Waals surface area contributed by atoms with E-state index in [9.17, 15) is 14.4 Å². The fourth-order valence-corrected chi connectivity index (χ4v) is 1.55. The van der Waals surface area contributed by atoms with Gasteiger partial charge < -0.3 is 15.1 Å². The van der Waals surface area contributed by atoms with Gasteiger partial charge in [-0.2, -0.15) is 0 Å². The number of hydrogen-bond acceptors (Lipinski definition) is 3. The van der Waals surface area contributed by atoms with Gasteiger partial charge in [-0.3, -0.25) is 9.59 Å². The van der Waals surface area contributed by atoms with Gasteiger partial charge in [0.1, 0.15) is 0 Å². The van der Waals surface area contributed by atoms with Crippen LogP contribution in [0.1, 0.15) is 29.3 Å². The second-order valence-corrected chi connectivity index (χ2v) is 4.09. The highest BCUT2D eigenvalue weighted by molar-refractivity contribution is 5.87. The lowest BCUT2D eigenvalue weighted by atomic mass is 10.1. The first-order valence-corrected chi connectivity index (χ1v) is 5.69. The van der Waals surface area contributed by atoms with Gasteiger partial charge in [0.25, 0.3) is 0 Å². The monoisotopic (exact) mass is 265 g/mol. The predicted molar refractivity (Wildman–Crippen MR) is 66.7 cm³/mol. The molecule has 1 aromatic carbocycles. The van der Waals surface area contributed by atoms with Crippen LogP contribution in [-0.2, 0) is 16.1 Å². The predicted octanol–water partition coefficient (Wildman–Crippen LogP) is 1.21. The molecule has 0 bridgehead atoms. The summed E-state index contributed by atoms with van der Waals surface area (Å²) in [6.07, 6.45) is -0.118. The number of hydrogen-bond donors (Lipinski definition) is 2.